The lowest BCUT2D eigenvalue weighted by Gasteiger charge is -2.08. The zero-order valence-corrected chi connectivity index (χ0v) is 11.7. The number of benzene rings is 1. The fourth-order valence-electron chi connectivity index (χ4n) is 1.90. The van der Waals surface area contributed by atoms with Crippen LogP contribution < -0.4 is 5.73 Å². The first-order valence-corrected chi connectivity index (χ1v) is 6.48. The van der Waals surface area contributed by atoms with E-state index in [1.165, 1.54) is 0 Å². The van der Waals surface area contributed by atoms with Crippen LogP contribution in [0.15, 0.2) is 42.6 Å². The normalized spacial score (nSPS) is 11.4. The molecule has 0 saturated heterocycles. The molecule has 104 valence electrons. The summed E-state index contributed by atoms with van der Waals surface area (Å²) in [5.74, 6) is -0.335. The molecule has 20 heavy (non-hydrogen) atoms. The molecule has 1 heterocycles. The minimum absolute atomic E-state index is 0.335. The quantitative estimate of drug-likeness (QED) is 0.528. The Balaban J connectivity index is 2.44. The average molecular weight is 270 g/mol. The van der Waals surface area contributed by atoms with Gasteiger partial charge < -0.3 is 15.0 Å². The summed E-state index contributed by atoms with van der Waals surface area (Å²) in [5, 5.41) is 0. The lowest BCUT2D eigenvalue weighted by atomic mass is 10.0. The molecule has 4 heteroatoms. The summed E-state index contributed by atoms with van der Waals surface area (Å²) in [6.07, 6.45) is 3.75. The van der Waals surface area contributed by atoms with Gasteiger partial charge in [0, 0.05) is 24.6 Å². The molecule has 0 bridgehead atoms. The number of nitrogen functional groups attached to an aromatic ring is 1. The summed E-state index contributed by atoms with van der Waals surface area (Å²) in [5.41, 5.74) is 8.59. The van der Waals surface area contributed by atoms with Crippen molar-refractivity contribution in [1.29, 1.82) is 0 Å². The molecule has 0 unspecified atom stereocenters. The molecule has 0 radical (unpaired) electrons. The molecule has 2 aromatic rings. The highest BCUT2D eigenvalue weighted by atomic mass is 16.5. The molecule has 0 saturated carbocycles. The van der Waals surface area contributed by atoms with E-state index < -0.39 is 0 Å². The van der Waals surface area contributed by atoms with Crippen LogP contribution in [0.5, 0.6) is 0 Å². The second-order valence-corrected chi connectivity index (χ2v) is 4.44. The van der Waals surface area contributed by atoms with Crippen LogP contribution in [0.1, 0.15) is 18.2 Å². The predicted molar refractivity (Wildman–Crippen MR) is 80.8 cm³/mol. The number of nitrogens with zero attached hydrogens (tertiary/aromatic N) is 1. The first-order valence-electron chi connectivity index (χ1n) is 6.48. The van der Waals surface area contributed by atoms with Crippen molar-refractivity contribution in [3.63, 3.8) is 0 Å². The van der Waals surface area contributed by atoms with Crippen molar-refractivity contribution in [2.24, 2.45) is 7.05 Å². The molecular formula is C16H18N2O2. The van der Waals surface area contributed by atoms with E-state index in [1.807, 2.05) is 48.2 Å². The van der Waals surface area contributed by atoms with E-state index in [0.29, 0.717) is 17.9 Å². The van der Waals surface area contributed by atoms with Gasteiger partial charge in [-0.3, -0.25) is 0 Å². The van der Waals surface area contributed by atoms with E-state index in [1.54, 1.807) is 19.1 Å². The minimum atomic E-state index is -0.335. The van der Waals surface area contributed by atoms with Gasteiger partial charge in [0.25, 0.3) is 0 Å². The Morgan fingerprint density at radius 1 is 1.30 bits per heavy atom. The molecular weight excluding hydrogens is 252 g/mol. The number of aryl methyl sites for hydroxylation is 1. The molecule has 0 fully saturated rings. The summed E-state index contributed by atoms with van der Waals surface area (Å²) in [6.45, 7) is 2.14. The summed E-state index contributed by atoms with van der Waals surface area (Å²) >= 11 is 0. The average Bonchev–Trinajstić information content (AvgIpc) is 2.83. The van der Waals surface area contributed by atoms with Crippen LogP contribution in [0.25, 0.3) is 11.6 Å². The number of carbonyl (C=O) groups is 1. The fraction of sp³-hybridized carbons (Fsp3) is 0.188. The summed E-state index contributed by atoms with van der Waals surface area (Å²) < 4.78 is 7.07. The van der Waals surface area contributed by atoms with Gasteiger partial charge in [0.05, 0.1) is 12.2 Å². The smallest absolute Gasteiger partial charge is 0.338 e. The molecule has 0 amide bonds. The van der Waals surface area contributed by atoms with Crippen LogP contribution in [0, 0.1) is 0 Å². The first kappa shape index (κ1) is 13.9. The Labute approximate surface area is 118 Å². The van der Waals surface area contributed by atoms with Gasteiger partial charge in [0.1, 0.15) is 0 Å². The predicted octanol–water partition coefficient (Wildman–Crippen LogP) is 2.71. The molecule has 2 rings (SSSR count). The Hall–Kier alpha value is -2.49. The van der Waals surface area contributed by atoms with Crippen molar-refractivity contribution in [3.8, 4) is 0 Å². The molecule has 0 aliphatic carbocycles. The number of esters is 1. The Kier molecular flexibility index (Phi) is 4.25. The van der Waals surface area contributed by atoms with Crippen molar-refractivity contribution in [2.45, 2.75) is 6.92 Å². The number of carbonyl (C=O) groups excluding carboxylic acids is 1. The zero-order chi connectivity index (χ0) is 14.5. The molecule has 1 aromatic heterocycles. The van der Waals surface area contributed by atoms with Gasteiger partial charge in [-0.05, 0) is 42.8 Å². The number of hydrogen-bond donors (Lipinski definition) is 1. The van der Waals surface area contributed by atoms with Crippen LogP contribution in [0.2, 0.25) is 0 Å². The second-order valence-electron chi connectivity index (χ2n) is 4.44. The summed E-state index contributed by atoms with van der Waals surface area (Å²) in [4.78, 5) is 12.1. The maximum atomic E-state index is 12.1. The Morgan fingerprint density at radius 3 is 2.55 bits per heavy atom. The fourth-order valence-corrected chi connectivity index (χ4v) is 1.90. The van der Waals surface area contributed by atoms with E-state index in [-0.39, 0.29) is 5.97 Å². The Bertz CT molecular complexity index is 624. The van der Waals surface area contributed by atoms with Gasteiger partial charge >= 0.3 is 5.97 Å². The molecule has 0 atom stereocenters. The SMILES string of the molecule is CCOC(=O)C(=Cc1cccn1C)c1ccc(N)cc1. The van der Waals surface area contributed by atoms with E-state index in [4.69, 9.17) is 10.5 Å². The van der Waals surface area contributed by atoms with Crippen LogP contribution in [0.3, 0.4) is 0 Å². The van der Waals surface area contributed by atoms with Gasteiger partial charge in [-0.15, -0.1) is 0 Å². The summed E-state index contributed by atoms with van der Waals surface area (Å²) in [6, 6.07) is 11.1. The summed E-state index contributed by atoms with van der Waals surface area (Å²) in [7, 11) is 1.93. The maximum absolute atomic E-state index is 12.1. The number of hydrogen-bond acceptors (Lipinski definition) is 3. The van der Waals surface area contributed by atoms with Crippen molar-refractivity contribution in [3.05, 3.63) is 53.9 Å². The number of nitrogens with two attached hydrogens (primary N) is 1. The highest BCUT2D eigenvalue weighted by molar-refractivity contribution is 6.21. The first-order chi connectivity index (χ1) is 9.61. The van der Waals surface area contributed by atoms with Crippen LogP contribution in [-0.4, -0.2) is 17.1 Å². The molecule has 0 aliphatic heterocycles. The lowest BCUT2D eigenvalue weighted by molar-refractivity contribution is -0.136. The standard InChI is InChI=1S/C16H18N2O2/c1-3-20-16(19)15(11-14-5-4-10-18(14)2)12-6-8-13(17)9-7-12/h4-11H,3,17H2,1-2H3. The van der Waals surface area contributed by atoms with Gasteiger partial charge in [-0.1, -0.05) is 12.1 Å². The minimum Gasteiger partial charge on any atom is -0.462 e. The second kappa shape index (κ2) is 6.10. The van der Waals surface area contributed by atoms with Crippen LogP contribution in [0.4, 0.5) is 5.69 Å². The van der Waals surface area contributed by atoms with Gasteiger partial charge in [0.2, 0.25) is 0 Å². The Morgan fingerprint density at radius 2 is 2.00 bits per heavy atom. The highest BCUT2D eigenvalue weighted by Gasteiger charge is 2.13. The van der Waals surface area contributed by atoms with Crippen molar-refractivity contribution in [1.82, 2.24) is 4.57 Å². The molecule has 4 nitrogen and oxygen atoms in total. The van der Waals surface area contributed by atoms with Crippen molar-refractivity contribution in [2.75, 3.05) is 12.3 Å². The van der Waals surface area contributed by atoms with Crippen LogP contribution >= 0.6 is 0 Å². The van der Waals surface area contributed by atoms with Crippen molar-refractivity contribution < 1.29 is 9.53 Å². The van der Waals surface area contributed by atoms with Crippen molar-refractivity contribution >= 4 is 23.3 Å². The lowest BCUT2D eigenvalue weighted by Crippen LogP contribution is -2.07. The largest absolute Gasteiger partial charge is 0.462 e. The molecule has 0 aliphatic rings. The van der Waals surface area contributed by atoms with E-state index >= 15 is 0 Å². The number of rotatable bonds is 4. The van der Waals surface area contributed by atoms with E-state index in [9.17, 15) is 4.79 Å². The maximum Gasteiger partial charge on any atom is 0.338 e. The van der Waals surface area contributed by atoms with Gasteiger partial charge in [-0.2, -0.15) is 0 Å². The number of aromatic nitrogens is 1. The van der Waals surface area contributed by atoms with E-state index in [2.05, 4.69) is 0 Å². The topological polar surface area (TPSA) is 57.2 Å². The van der Waals surface area contributed by atoms with E-state index in [0.717, 1.165) is 11.3 Å². The molecule has 2 N–H and O–H groups in total. The third kappa shape index (κ3) is 3.09. The van der Waals surface area contributed by atoms with Gasteiger partial charge in [-0.25, -0.2) is 4.79 Å². The van der Waals surface area contributed by atoms with Crippen LogP contribution in [-0.2, 0) is 16.6 Å². The number of ether oxygens (including phenoxy) is 1. The third-order valence-corrected chi connectivity index (χ3v) is 2.99. The molecule has 1 aromatic carbocycles. The number of anilines is 1. The van der Waals surface area contributed by atoms with Gasteiger partial charge in [0.15, 0.2) is 0 Å². The highest BCUT2D eigenvalue weighted by Crippen LogP contribution is 2.21. The molecule has 0 spiro atoms. The monoisotopic (exact) mass is 270 g/mol. The third-order valence-electron chi connectivity index (χ3n) is 2.99. The zero-order valence-electron chi connectivity index (χ0n) is 11.7.